The number of para-hydroxylation sites is 1. The highest BCUT2D eigenvalue weighted by Crippen LogP contribution is 2.17. The number of guanidine groups is 1. The lowest BCUT2D eigenvalue weighted by Crippen LogP contribution is -2.38. The molecule has 0 radical (unpaired) electrons. The summed E-state index contributed by atoms with van der Waals surface area (Å²) in [5.74, 6) is 0.608. The molecular weight excluding hydrogens is 376 g/mol. The molecule has 7 nitrogen and oxygen atoms in total. The summed E-state index contributed by atoms with van der Waals surface area (Å²) in [5.41, 5.74) is 2.17. The third kappa shape index (κ3) is 7.58. The first-order valence-corrected chi connectivity index (χ1v) is 11.1. The van der Waals surface area contributed by atoms with Gasteiger partial charge in [-0.15, -0.1) is 0 Å². The van der Waals surface area contributed by atoms with E-state index in [2.05, 4.69) is 20.3 Å². The third-order valence-electron chi connectivity index (χ3n) is 3.96. The van der Waals surface area contributed by atoms with Gasteiger partial charge in [-0.05, 0) is 30.5 Å². The normalized spacial score (nSPS) is 13.0. The second-order valence-corrected chi connectivity index (χ2v) is 8.12. The van der Waals surface area contributed by atoms with Gasteiger partial charge < -0.3 is 15.7 Å². The summed E-state index contributed by atoms with van der Waals surface area (Å²) in [7, 11) is -3.36. The van der Waals surface area contributed by atoms with Gasteiger partial charge in [0.05, 0.1) is 24.6 Å². The first-order chi connectivity index (χ1) is 13.4. The van der Waals surface area contributed by atoms with Gasteiger partial charge in [-0.3, -0.25) is 4.72 Å². The maximum Gasteiger partial charge on any atom is 0.229 e. The molecule has 0 heterocycles. The summed E-state index contributed by atoms with van der Waals surface area (Å²) in [6, 6.07) is 16.7. The minimum atomic E-state index is -3.36. The number of sulfonamides is 1. The van der Waals surface area contributed by atoms with Crippen LogP contribution in [0.4, 0.5) is 5.69 Å². The van der Waals surface area contributed by atoms with Gasteiger partial charge in [-0.1, -0.05) is 48.5 Å². The zero-order valence-electron chi connectivity index (χ0n) is 16.2. The van der Waals surface area contributed by atoms with Crippen LogP contribution < -0.4 is 15.4 Å². The Balaban J connectivity index is 1.97. The van der Waals surface area contributed by atoms with Crippen molar-refractivity contribution in [2.75, 3.05) is 24.1 Å². The third-order valence-corrected chi connectivity index (χ3v) is 4.55. The van der Waals surface area contributed by atoms with Gasteiger partial charge in [0, 0.05) is 13.1 Å². The Morgan fingerprint density at radius 2 is 1.75 bits per heavy atom. The number of nitrogens with zero attached hydrogens (tertiary/aromatic N) is 1. The Kier molecular flexibility index (Phi) is 8.28. The van der Waals surface area contributed by atoms with Crippen LogP contribution in [-0.2, 0) is 16.6 Å². The maximum absolute atomic E-state index is 11.5. The van der Waals surface area contributed by atoms with E-state index in [4.69, 9.17) is 0 Å². The summed E-state index contributed by atoms with van der Waals surface area (Å²) in [5, 5.41) is 16.6. The molecule has 0 saturated carbocycles. The van der Waals surface area contributed by atoms with Crippen molar-refractivity contribution in [2.45, 2.75) is 26.0 Å². The molecule has 2 aromatic carbocycles. The molecule has 4 N–H and O–H groups in total. The van der Waals surface area contributed by atoms with Crippen LogP contribution in [0.5, 0.6) is 0 Å². The highest BCUT2D eigenvalue weighted by molar-refractivity contribution is 7.92. The molecule has 0 aliphatic rings. The summed E-state index contributed by atoms with van der Waals surface area (Å²) in [6.45, 7) is 3.52. The molecule has 0 aliphatic carbocycles. The van der Waals surface area contributed by atoms with Gasteiger partial charge in [-0.25, -0.2) is 13.4 Å². The van der Waals surface area contributed by atoms with Gasteiger partial charge in [0.1, 0.15) is 0 Å². The molecule has 0 aromatic heterocycles. The van der Waals surface area contributed by atoms with Gasteiger partial charge in [0.2, 0.25) is 10.0 Å². The number of rotatable bonds is 9. The summed E-state index contributed by atoms with van der Waals surface area (Å²) < 4.78 is 25.6. The van der Waals surface area contributed by atoms with Crippen molar-refractivity contribution in [3.05, 3.63) is 65.7 Å². The van der Waals surface area contributed by atoms with Crippen molar-refractivity contribution in [2.24, 2.45) is 4.99 Å². The Morgan fingerprint density at radius 3 is 2.43 bits per heavy atom. The highest BCUT2D eigenvalue weighted by Gasteiger charge is 2.09. The molecule has 8 heteroatoms. The fourth-order valence-corrected chi connectivity index (χ4v) is 3.23. The molecular formula is C20H28N4O3S. The fraction of sp³-hybridized carbons (Fsp3) is 0.350. The van der Waals surface area contributed by atoms with Crippen LogP contribution in [0.3, 0.4) is 0 Å². The Labute approximate surface area is 167 Å². The monoisotopic (exact) mass is 404 g/mol. The van der Waals surface area contributed by atoms with E-state index in [1.165, 1.54) is 0 Å². The number of aliphatic imine (C=N–C) groups is 1. The molecule has 2 aromatic rings. The lowest BCUT2D eigenvalue weighted by molar-refractivity contribution is 0.168. The van der Waals surface area contributed by atoms with Crippen LogP contribution in [0.1, 0.15) is 30.6 Å². The zero-order valence-corrected chi connectivity index (χ0v) is 17.0. The predicted octanol–water partition coefficient (Wildman–Crippen LogP) is 2.24. The molecule has 0 saturated heterocycles. The lowest BCUT2D eigenvalue weighted by Gasteiger charge is -2.15. The zero-order chi connectivity index (χ0) is 20.4. The molecule has 1 atom stereocenters. The van der Waals surface area contributed by atoms with Gasteiger partial charge in [0.15, 0.2) is 5.96 Å². The lowest BCUT2D eigenvalue weighted by atomic mass is 10.1. The smallest absolute Gasteiger partial charge is 0.229 e. The van der Waals surface area contributed by atoms with E-state index in [1.54, 1.807) is 12.1 Å². The van der Waals surface area contributed by atoms with Crippen molar-refractivity contribution in [3.63, 3.8) is 0 Å². The van der Waals surface area contributed by atoms with E-state index in [9.17, 15) is 13.5 Å². The van der Waals surface area contributed by atoms with Crippen LogP contribution in [0, 0.1) is 0 Å². The number of anilines is 1. The van der Waals surface area contributed by atoms with Gasteiger partial charge in [-0.2, -0.15) is 0 Å². The van der Waals surface area contributed by atoms with Crippen molar-refractivity contribution in [1.29, 1.82) is 0 Å². The largest absolute Gasteiger partial charge is 0.388 e. The van der Waals surface area contributed by atoms with E-state index in [0.717, 1.165) is 17.4 Å². The van der Waals surface area contributed by atoms with E-state index < -0.39 is 16.1 Å². The van der Waals surface area contributed by atoms with E-state index in [1.807, 2.05) is 49.4 Å². The van der Waals surface area contributed by atoms with Crippen LogP contribution in [0.2, 0.25) is 0 Å². The molecule has 0 fully saturated rings. The average molecular weight is 405 g/mol. The Bertz CT molecular complexity index is 870. The molecule has 0 bridgehead atoms. The number of benzene rings is 2. The van der Waals surface area contributed by atoms with Crippen molar-refractivity contribution in [3.8, 4) is 0 Å². The Morgan fingerprint density at radius 1 is 1.07 bits per heavy atom. The first kappa shape index (κ1) is 21.7. The van der Waals surface area contributed by atoms with Crippen molar-refractivity contribution in [1.82, 2.24) is 10.6 Å². The second kappa shape index (κ2) is 10.7. The number of hydrogen-bond acceptors (Lipinski definition) is 4. The minimum absolute atomic E-state index is 0.315. The van der Waals surface area contributed by atoms with E-state index in [0.29, 0.717) is 37.7 Å². The van der Waals surface area contributed by atoms with Crippen LogP contribution in [0.15, 0.2) is 59.6 Å². The summed E-state index contributed by atoms with van der Waals surface area (Å²) in [6.07, 6.45) is 1.12. The van der Waals surface area contributed by atoms with Crippen molar-refractivity contribution < 1.29 is 13.5 Å². The molecule has 0 aliphatic heterocycles. The number of nitrogens with one attached hydrogen (secondary N) is 3. The predicted molar refractivity (Wildman–Crippen MR) is 114 cm³/mol. The molecule has 2 rings (SSSR count). The molecule has 152 valence electrons. The SMILES string of the molecule is CCNC(=NCc1ccccc1NS(C)(=O)=O)NCCC(O)c1ccccc1. The van der Waals surface area contributed by atoms with Gasteiger partial charge in [0.25, 0.3) is 0 Å². The van der Waals surface area contributed by atoms with E-state index in [-0.39, 0.29) is 0 Å². The molecule has 0 spiro atoms. The average Bonchev–Trinajstić information content (AvgIpc) is 2.66. The van der Waals surface area contributed by atoms with Crippen LogP contribution >= 0.6 is 0 Å². The van der Waals surface area contributed by atoms with Crippen LogP contribution in [-0.4, -0.2) is 38.8 Å². The van der Waals surface area contributed by atoms with Crippen LogP contribution in [0.25, 0.3) is 0 Å². The summed E-state index contributed by atoms with van der Waals surface area (Å²) >= 11 is 0. The fourth-order valence-electron chi connectivity index (χ4n) is 2.63. The second-order valence-electron chi connectivity index (χ2n) is 6.37. The number of aliphatic hydroxyl groups excluding tert-OH is 1. The first-order valence-electron chi connectivity index (χ1n) is 9.20. The quantitative estimate of drug-likeness (QED) is 0.379. The van der Waals surface area contributed by atoms with E-state index >= 15 is 0 Å². The topological polar surface area (TPSA) is 103 Å². The number of hydrogen-bond donors (Lipinski definition) is 4. The molecule has 28 heavy (non-hydrogen) atoms. The number of aliphatic hydroxyl groups is 1. The highest BCUT2D eigenvalue weighted by atomic mass is 32.2. The molecule has 0 amide bonds. The van der Waals surface area contributed by atoms with Crippen molar-refractivity contribution >= 4 is 21.7 Å². The summed E-state index contributed by atoms with van der Waals surface area (Å²) in [4.78, 5) is 4.52. The minimum Gasteiger partial charge on any atom is -0.388 e. The standard InChI is InChI=1S/C20H28N4O3S/c1-3-21-20(22-14-13-19(25)16-9-5-4-6-10-16)23-15-17-11-7-8-12-18(17)24-28(2,26)27/h4-12,19,24-25H,3,13-15H2,1-2H3,(H2,21,22,23). The molecule has 1 unspecified atom stereocenters. The Hall–Kier alpha value is -2.58. The maximum atomic E-state index is 11.5. The van der Waals surface area contributed by atoms with Gasteiger partial charge >= 0.3 is 0 Å².